The maximum absolute atomic E-state index is 5.67. The van der Waals surface area contributed by atoms with E-state index >= 15 is 0 Å². The van der Waals surface area contributed by atoms with E-state index in [-0.39, 0.29) is 24.0 Å². The summed E-state index contributed by atoms with van der Waals surface area (Å²) in [6.07, 6.45) is 1.72. The predicted molar refractivity (Wildman–Crippen MR) is 115 cm³/mol. The van der Waals surface area contributed by atoms with Crippen LogP contribution in [0.2, 0.25) is 0 Å². The molecule has 26 heavy (non-hydrogen) atoms. The minimum Gasteiger partial charge on any atom is -0.475 e. The molecule has 142 valence electrons. The average molecular weight is 470 g/mol. The lowest BCUT2D eigenvalue weighted by atomic mass is 10.2. The molecule has 0 saturated heterocycles. The van der Waals surface area contributed by atoms with Crippen LogP contribution in [0.5, 0.6) is 5.88 Å². The maximum Gasteiger partial charge on any atom is 0.218 e. The largest absolute Gasteiger partial charge is 0.475 e. The number of nitrogens with one attached hydrogen (secondary N) is 1. The molecule has 1 aromatic carbocycles. The van der Waals surface area contributed by atoms with Crippen LogP contribution < -0.4 is 10.1 Å². The SMILES string of the molecule is CN=C(NCc1cccnc1OCCOC)N(C)Cc1ccccc1.I. The number of pyridine rings is 1. The number of ether oxygens (including phenoxy) is 2. The summed E-state index contributed by atoms with van der Waals surface area (Å²) in [4.78, 5) is 10.7. The number of aliphatic imine (C=N–C) groups is 1. The molecule has 1 heterocycles. The van der Waals surface area contributed by atoms with Crippen molar-refractivity contribution in [3.63, 3.8) is 0 Å². The molecule has 6 nitrogen and oxygen atoms in total. The van der Waals surface area contributed by atoms with E-state index in [1.54, 1.807) is 20.4 Å². The molecule has 1 N–H and O–H groups in total. The second-order valence-electron chi connectivity index (χ2n) is 5.55. The van der Waals surface area contributed by atoms with Gasteiger partial charge in [0.2, 0.25) is 5.88 Å². The zero-order valence-corrected chi connectivity index (χ0v) is 17.8. The first-order valence-electron chi connectivity index (χ1n) is 8.26. The first-order valence-corrected chi connectivity index (χ1v) is 8.26. The highest BCUT2D eigenvalue weighted by Gasteiger charge is 2.09. The summed E-state index contributed by atoms with van der Waals surface area (Å²) in [5.74, 6) is 1.43. The number of halogens is 1. The van der Waals surface area contributed by atoms with Crippen molar-refractivity contribution in [1.29, 1.82) is 0 Å². The highest BCUT2D eigenvalue weighted by Crippen LogP contribution is 2.14. The molecule has 0 aliphatic rings. The van der Waals surface area contributed by atoms with Crippen molar-refractivity contribution in [2.45, 2.75) is 13.1 Å². The standard InChI is InChI=1S/C19H26N4O2.HI/c1-20-19(23(2)15-16-8-5-4-6-9-16)22-14-17-10-7-11-21-18(17)25-13-12-24-3;/h4-11H,12-15H2,1-3H3,(H,20,22);1H. The molecule has 0 saturated carbocycles. The molecule has 0 spiro atoms. The lowest BCUT2D eigenvalue weighted by Gasteiger charge is -2.22. The third-order valence-corrected chi connectivity index (χ3v) is 3.65. The molecule has 0 atom stereocenters. The van der Waals surface area contributed by atoms with E-state index in [0.717, 1.165) is 18.1 Å². The summed E-state index contributed by atoms with van der Waals surface area (Å²) >= 11 is 0. The lowest BCUT2D eigenvalue weighted by Crippen LogP contribution is -2.38. The Morgan fingerprint density at radius 1 is 1.15 bits per heavy atom. The number of rotatable bonds is 8. The molecule has 7 heteroatoms. The molecule has 0 bridgehead atoms. The fraction of sp³-hybridized carbons (Fsp3) is 0.368. The van der Waals surface area contributed by atoms with Gasteiger partial charge in [-0.2, -0.15) is 0 Å². The average Bonchev–Trinajstić information content (AvgIpc) is 2.64. The second-order valence-corrected chi connectivity index (χ2v) is 5.55. The van der Waals surface area contributed by atoms with Gasteiger partial charge in [-0.05, 0) is 11.6 Å². The molecule has 0 aliphatic carbocycles. The topological polar surface area (TPSA) is 59.0 Å². The Morgan fingerprint density at radius 2 is 1.92 bits per heavy atom. The van der Waals surface area contributed by atoms with Crippen LogP contribution in [0.15, 0.2) is 53.7 Å². The number of guanidine groups is 1. The Hall–Kier alpha value is -1.87. The molecule has 0 unspecified atom stereocenters. The third-order valence-electron chi connectivity index (χ3n) is 3.65. The number of methoxy groups -OCH3 is 1. The minimum absolute atomic E-state index is 0. The van der Waals surface area contributed by atoms with Crippen LogP contribution in [0, 0.1) is 0 Å². The van der Waals surface area contributed by atoms with E-state index in [0.29, 0.717) is 25.6 Å². The van der Waals surface area contributed by atoms with Crippen LogP contribution in [0.25, 0.3) is 0 Å². The molecular weight excluding hydrogens is 443 g/mol. The van der Waals surface area contributed by atoms with Crippen LogP contribution in [0.1, 0.15) is 11.1 Å². The molecule has 0 fully saturated rings. The summed E-state index contributed by atoms with van der Waals surface area (Å²) in [6, 6.07) is 14.2. The van der Waals surface area contributed by atoms with Gasteiger partial charge in [0.05, 0.1) is 6.61 Å². The summed E-state index contributed by atoms with van der Waals surface area (Å²) in [6.45, 7) is 2.38. The van der Waals surface area contributed by atoms with Gasteiger partial charge < -0.3 is 19.7 Å². The van der Waals surface area contributed by atoms with E-state index in [9.17, 15) is 0 Å². The van der Waals surface area contributed by atoms with Crippen molar-refractivity contribution in [2.24, 2.45) is 4.99 Å². The van der Waals surface area contributed by atoms with Crippen LogP contribution in [0.3, 0.4) is 0 Å². The molecule has 1 aromatic heterocycles. The first kappa shape index (κ1) is 22.2. The normalized spacial score (nSPS) is 10.8. The number of aromatic nitrogens is 1. The van der Waals surface area contributed by atoms with Gasteiger partial charge in [-0.3, -0.25) is 4.99 Å². The van der Waals surface area contributed by atoms with Crippen LogP contribution in [0.4, 0.5) is 0 Å². The van der Waals surface area contributed by atoms with Crippen molar-refractivity contribution >= 4 is 29.9 Å². The molecule has 2 aromatic rings. The number of hydrogen-bond donors (Lipinski definition) is 1. The molecule has 2 rings (SSSR count). The Balaban J connectivity index is 0.00000338. The van der Waals surface area contributed by atoms with Crippen molar-refractivity contribution in [3.8, 4) is 5.88 Å². The molecule has 0 radical (unpaired) electrons. The van der Waals surface area contributed by atoms with Gasteiger partial charge in [0, 0.05) is 46.1 Å². The first-order chi connectivity index (χ1) is 12.2. The molecular formula is C19H27IN4O2. The Kier molecular flexibility index (Phi) is 10.6. The van der Waals surface area contributed by atoms with Crippen molar-refractivity contribution in [1.82, 2.24) is 15.2 Å². The number of benzene rings is 1. The summed E-state index contributed by atoms with van der Waals surface area (Å²) < 4.78 is 10.7. The summed E-state index contributed by atoms with van der Waals surface area (Å²) in [5, 5.41) is 3.36. The Labute approximate surface area is 172 Å². The van der Waals surface area contributed by atoms with Crippen LogP contribution >= 0.6 is 24.0 Å². The molecule has 0 amide bonds. The summed E-state index contributed by atoms with van der Waals surface area (Å²) in [5.41, 5.74) is 2.21. The zero-order valence-electron chi connectivity index (χ0n) is 15.5. The van der Waals surface area contributed by atoms with Gasteiger partial charge in [0.15, 0.2) is 5.96 Å². The predicted octanol–water partition coefficient (Wildman–Crippen LogP) is 2.93. The zero-order chi connectivity index (χ0) is 17.9. The maximum atomic E-state index is 5.67. The van der Waals surface area contributed by atoms with Crippen LogP contribution in [-0.4, -0.2) is 50.3 Å². The second kappa shape index (κ2) is 12.5. The van der Waals surface area contributed by atoms with E-state index in [1.165, 1.54) is 5.56 Å². The van der Waals surface area contributed by atoms with Gasteiger partial charge >= 0.3 is 0 Å². The van der Waals surface area contributed by atoms with Crippen molar-refractivity contribution < 1.29 is 9.47 Å². The van der Waals surface area contributed by atoms with Gasteiger partial charge in [0.1, 0.15) is 6.61 Å². The van der Waals surface area contributed by atoms with Gasteiger partial charge in [-0.15, -0.1) is 24.0 Å². The number of nitrogens with zero attached hydrogens (tertiary/aromatic N) is 3. The quantitative estimate of drug-likeness (QED) is 0.278. The Bertz CT molecular complexity index is 668. The number of hydrogen-bond acceptors (Lipinski definition) is 4. The van der Waals surface area contributed by atoms with E-state index in [4.69, 9.17) is 9.47 Å². The highest BCUT2D eigenvalue weighted by molar-refractivity contribution is 14.0. The minimum atomic E-state index is 0. The smallest absolute Gasteiger partial charge is 0.218 e. The highest BCUT2D eigenvalue weighted by atomic mass is 127. The fourth-order valence-corrected chi connectivity index (χ4v) is 2.40. The molecule has 0 aliphatic heterocycles. The van der Waals surface area contributed by atoms with Gasteiger partial charge in [0.25, 0.3) is 0 Å². The van der Waals surface area contributed by atoms with Gasteiger partial charge in [-0.1, -0.05) is 36.4 Å². The van der Waals surface area contributed by atoms with E-state index < -0.39 is 0 Å². The van der Waals surface area contributed by atoms with Crippen molar-refractivity contribution in [3.05, 3.63) is 59.8 Å². The van der Waals surface area contributed by atoms with Gasteiger partial charge in [-0.25, -0.2) is 4.98 Å². The Morgan fingerprint density at radius 3 is 2.62 bits per heavy atom. The van der Waals surface area contributed by atoms with E-state index in [2.05, 4.69) is 32.3 Å². The summed E-state index contributed by atoms with van der Waals surface area (Å²) in [7, 11) is 5.45. The monoisotopic (exact) mass is 470 g/mol. The fourth-order valence-electron chi connectivity index (χ4n) is 2.40. The third kappa shape index (κ3) is 7.17. The van der Waals surface area contributed by atoms with E-state index in [1.807, 2.05) is 37.4 Å². The lowest BCUT2D eigenvalue weighted by molar-refractivity contribution is 0.143. The van der Waals surface area contributed by atoms with Crippen molar-refractivity contribution in [2.75, 3.05) is 34.4 Å². The van der Waals surface area contributed by atoms with Crippen LogP contribution in [-0.2, 0) is 17.8 Å².